The predicted octanol–water partition coefficient (Wildman–Crippen LogP) is 9.95. The highest BCUT2D eigenvalue weighted by Gasteiger charge is 2.49. The summed E-state index contributed by atoms with van der Waals surface area (Å²) in [6.07, 6.45) is 0. The van der Waals surface area contributed by atoms with Crippen molar-refractivity contribution in [3.05, 3.63) is 229 Å². The van der Waals surface area contributed by atoms with E-state index in [2.05, 4.69) is 71.3 Å². The monoisotopic (exact) mass is 747 g/mol. The molecule has 0 saturated heterocycles. The molecule has 0 unspecified atom stereocenters. The lowest BCUT2D eigenvalue weighted by atomic mass is 9.64. The molecule has 9 aromatic rings. The Kier molecular flexibility index (Phi) is 7.67. The van der Waals surface area contributed by atoms with Crippen molar-refractivity contribution < 1.29 is 13.0 Å². The lowest BCUT2D eigenvalue weighted by molar-refractivity contribution is 0.579. The molecule has 1 aliphatic rings. The molecule has 0 saturated carbocycles. The van der Waals surface area contributed by atoms with Crippen LogP contribution in [-0.2, 0) is 19.8 Å². The van der Waals surface area contributed by atoms with Gasteiger partial charge in [-0.1, -0.05) is 164 Å². The van der Waals surface area contributed by atoms with E-state index in [1.54, 1.807) is 24.3 Å². The lowest BCUT2D eigenvalue weighted by Gasteiger charge is -2.42. The first-order valence-corrected chi connectivity index (χ1v) is 21.5. The molecule has 0 spiro atoms. The second-order valence-electron chi connectivity index (χ2n) is 14.0. The maximum atomic E-state index is 15.4. The Labute approximate surface area is 320 Å². The van der Waals surface area contributed by atoms with Crippen LogP contribution >= 0.6 is 7.14 Å². The number of fused-ring (bicyclic) bond motifs is 5. The fraction of sp³-hybridized carbons (Fsp3) is 0.0204. The molecule has 0 N–H and O–H groups in total. The van der Waals surface area contributed by atoms with E-state index in [0.717, 1.165) is 49.2 Å². The Morgan fingerprint density at radius 1 is 0.418 bits per heavy atom. The van der Waals surface area contributed by atoms with E-state index >= 15 is 4.57 Å². The van der Waals surface area contributed by atoms with E-state index in [0.29, 0.717) is 16.4 Å². The van der Waals surface area contributed by atoms with Gasteiger partial charge in [-0.15, -0.1) is 0 Å². The van der Waals surface area contributed by atoms with Crippen molar-refractivity contribution in [3.63, 3.8) is 0 Å². The van der Waals surface area contributed by atoms with Gasteiger partial charge in [0.2, 0.25) is 9.84 Å². The molecule has 0 atom stereocenters. The summed E-state index contributed by atoms with van der Waals surface area (Å²) in [6, 6.07) is 67.5. The van der Waals surface area contributed by atoms with Gasteiger partial charge in [-0.05, 0) is 64.7 Å². The molecule has 8 aromatic carbocycles. The molecular formula is C49H34NO3PS. The highest BCUT2D eigenvalue weighted by molar-refractivity contribution is 7.91. The van der Waals surface area contributed by atoms with Gasteiger partial charge in [-0.25, -0.2) is 8.42 Å². The highest BCUT2D eigenvalue weighted by atomic mass is 32.2. The molecule has 2 heterocycles. The summed E-state index contributed by atoms with van der Waals surface area (Å²) in [5, 5.41) is 4.38. The van der Waals surface area contributed by atoms with Crippen LogP contribution in [0.25, 0.3) is 27.5 Å². The van der Waals surface area contributed by atoms with Crippen molar-refractivity contribution in [1.29, 1.82) is 0 Å². The van der Waals surface area contributed by atoms with Gasteiger partial charge in [0, 0.05) is 32.4 Å². The van der Waals surface area contributed by atoms with Gasteiger partial charge in [-0.2, -0.15) is 0 Å². The maximum absolute atomic E-state index is 15.4. The third-order valence-corrected chi connectivity index (χ3v) is 16.1. The Morgan fingerprint density at radius 2 is 0.873 bits per heavy atom. The number of para-hydroxylation sites is 2. The summed E-state index contributed by atoms with van der Waals surface area (Å²) in [4.78, 5) is 0.563. The van der Waals surface area contributed by atoms with Crippen molar-refractivity contribution in [3.8, 4) is 5.69 Å². The van der Waals surface area contributed by atoms with Crippen LogP contribution in [0.1, 0.15) is 22.3 Å². The van der Waals surface area contributed by atoms with Crippen molar-refractivity contribution in [2.75, 3.05) is 0 Å². The number of hydrogen-bond acceptors (Lipinski definition) is 3. The number of nitrogens with zero attached hydrogens (tertiary/aromatic N) is 1. The van der Waals surface area contributed by atoms with E-state index in [4.69, 9.17) is 0 Å². The molecule has 0 bridgehead atoms. The summed E-state index contributed by atoms with van der Waals surface area (Å²) in [6.45, 7) is 0. The van der Waals surface area contributed by atoms with Gasteiger partial charge >= 0.3 is 0 Å². The summed E-state index contributed by atoms with van der Waals surface area (Å²) >= 11 is 0. The molecule has 6 heteroatoms. The normalized spacial score (nSPS) is 14.3. The smallest absolute Gasteiger partial charge is 0.207 e. The van der Waals surface area contributed by atoms with Gasteiger partial charge in [0.25, 0.3) is 0 Å². The van der Waals surface area contributed by atoms with E-state index < -0.39 is 22.4 Å². The lowest BCUT2D eigenvalue weighted by Crippen LogP contribution is -2.38. The van der Waals surface area contributed by atoms with Crippen LogP contribution in [0.15, 0.2) is 216 Å². The summed E-state index contributed by atoms with van der Waals surface area (Å²) < 4.78 is 46.6. The number of hydrogen-bond donors (Lipinski definition) is 0. The largest absolute Gasteiger partial charge is 0.309 e. The zero-order valence-corrected chi connectivity index (χ0v) is 31.4. The summed E-state index contributed by atoms with van der Waals surface area (Å²) in [5.74, 6) is 0. The van der Waals surface area contributed by atoms with E-state index in [1.165, 1.54) is 0 Å². The zero-order valence-electron chi connectivity index (χ0n) is 29.7. The molecule has 0 amide bonds. The number of sulfone groups is 1. The minimum absolute atomic E-state index is 0.281. The van der Waals surface area contributed by atoms with Crippen LogP contribution in [0.5, 0.6) is 0 Å². The molecule has 1 aromatic heterocycles. The van der Waals surface area contributed by atoms with Crippen LogP contribution < -0.4 is 15.9 Å². The minimum atomic E-state index is -3.85. The van der Waals surface area contributed by atoms with Gasteiger partial charge < -0.3 is 9.13 Å². The van der Waals surface area contributed by atoms with E-state index in [1.807, 2.05) is 115 Å². The SMILES string of the molecule is O=P(c1ccccc1)(c1ccccc1)c1ccc(C2(c3ccc4c(c3)c3ccccc3n4-c3ccccc3)c3ccccc3S(=O)(=O)c3ccccc32)cc1. The standard InChI is InChI=1S/C49H34NO3PS/c51-54(38-18-6-2-7-19-38,39-20-8-3-9-21-39)40-31-28-35(29-32-40)49(43-23-11-14-26-47(43)55(52,53)48-27-15-12-24-44(48)49)36-30-33-46-42(34-36)41-22-10-13-25-45(41)50(46)37-16-4-1-5-17-37/h1-34H. The second-order valence-corrected chi connectivity index (χ2v) is 18.6. The second kappa shape index (κ2) is 12.7. The average Bonchev–Trinajstić information content (AvgIpc) is 3.59. The van der Waals surface area contributed by atoms with Gasteiger partial charge in [0.05, 0.1) is 26.2 Å². The summed E-state index contributed by atoms with van der Waals surface area (Å²) in [7, 11) is -7.12. The quantitative estimate of drug-likeness (QED) is 0.159. The van der Waals surface area contributed by atoms with Gasteiger partial charge in [-0.3, -0.25) is 0 Å². The molecular weight excluding hydrogens is 714 g/mol. The maximum Gasteiger partial charge on any atom is 0.207 e. The van der Waals surface area contributed by atoms with Crippen molar-refractivity contribution in [1.82, 2.24) is 4.57 Å². The molecule has 264 valence electrons. The molecule has 4 nitrogen and oxygen atoms in total. The number of benzene rings is 8. The molecule has 10 rings (SSSR count). The Morgan fingerprint density at radius 3 is 1.47 bits per heavy atom. The fourth-order valence-corrected chi connectivity index (χ4v) is 13.2. The Hall–Kier alpha value is -6.26. The molecule has 55 heavy (non-hydrogen) atoms. The van der Waals surface area contributed by atoms with Crippen LogP contribution in [0.2, 0.25) is 0 Å². The molecule has 0 fully saturated rings. The topological polar surface area (TPSA) is 56.1 Å². The number of aromatic nitrogens is 1. The first-order valence-electron chi connectivity index (χ1n) is 18.3. The fourth-order valence-electron chi connectivity index (χ4n) is 8.78. The van der Waals surface area contributed by atoms with Crippen LogP contribution in [0, 0.1) is 0 Å². The Bertz CT molecular complexity index is 2970. The predicted molar refractivity (Wildman–Crippen MR) is 224 cm³/mol. The third-order valence-electron chi connectivity index (χ3n) is 11.2. The van der Waals surface area contributed by atoms with Crippen LogP contribution in [-0.4, -0.2) is 13.0 Å². The van der Waals surface area contributed by atoms with E-state index in [9.17, 15) is 8.42 Å². The zero-order chi connectivity index (χ0) is 37.2. The molecule has 0 aliphatic carbocycles. The average molecular weight is 748 g/mol. The van der Waals surface area contributed by atoms with E-state index in [-0.39, 0.29) is 9.79 Å². The first kappa shape index (κ1) is 33.3. The first-order chi connectivity index (χ1) is 26.9. The Balaban J connectivity index is 1.29. The van der Waals surface area contributed by atoms with Crippen molar-refractivity contribution >= 4 is 54.7 Å². The van der Waals surface area contributed by atoms with Crippen molar-refractivity contribution in [2.24, 2.45) is 0 Å². The summed E-state index contributed by atoms with van der Waals surface area (Å²) in [5.41, 5.74) is 5.35. The van der Waals surface area contributed by atoms with Gasteiger partial charge in [0.1, 0.15) is 0 Å². The molecule has 0 radical (unpaired) electrons. The third kappa shape index (κ3) is 4.83. The van der Waals surface area contributed by atoms with Crippen LogP contribution in [0.4, 0.5) is 0 Å². The van der Waals surface area contributed by atoms with Crippen molar-refractivity contribution in [2.45, 2.75) is 15.2 Å². The number of rotatable bonds is 6. The molecule has 1 aliphatic heterocycles. The minimum Gasteiger partial charge on any atom is -0.309 e. The highest BCUT2D eigenvalue weighted by Crippen LogP contribution is 2.54. The van der Waals surface area contributed by atoms with Gasteiger partial charge in [0.15, 0.2) is 7.14 Å². The van der Waals surface area contributed by atoms with Crippen LogP contribution in [0.3, 0.4) is 0 Å².